The Bertz CT molecular complexity index is 834. The highest BCUT2D eigenvalue weighted by molar-refractivity contribution is 7.90. The molecule has 0 aliphatic heterocycles. The number of sulfone groups is 1. The van der Waals surface area contributed by atoms with Crippen LogP contribution in [0.25, 0.3) is 0 Å². The Balaban J connectivity index is 1.99. The number of rotatable bonds is 7. The highest BCUT2D eigenvalue weighted by atomic mass is 32.2. The number of halogens is 1. The minimum absolute atomic E-state index is 0.0169. The van der Waals surface area contributed by atoms with E-state index in [4.69, 9.17) is 4.74 Å². The molecule has 0 saturated carbocycles. The van der Waals surface area contributed by atoms with Gasteiger partial charge in [0, 0.05) is 6.26 Å². The lowest BCUT2D eigenvalue weighted by Crippen LogP contribution is -2.32. The van der Waals surface area contributed by atoms with E-state index in [1.807, 2.05) is 6.92 Å². The maximum atomic E-state index is 13.5. The summed E-state index contributed by atoms with van der Waals surface area (Å²) in [4.78, 5) is 12.3. The van der Waals surface area contributed by atoms with E-state index >= 15 is 0 Å². The predicted molar refractivity (Wildman–Crippen MR) is 92.6 cm³/mol. The second-order valence-corrected chi connectivity index (χ2v) is 7.60. The molecule has 1 N–H and O–H groups in total. The van der Waals surface area contributed by atoms with E-state index in [0.29, 0.717) is 6.42 Å². The van der Waals surface area contributed by atoms with Crippen LogP contribution in [0.2, 0.25) is 0 Å². The van der Waals surface area contributed by atoms with Crippen molar-refractivity contribution < 1.29 is 22.3 Å². The molecule has 0 radical (unpaired) electrons. The van der Waals surface area contributed by atoms with E-state index in [1.165, 1.54) is 30.3 Å². The molecule has 0 fully saturated rings. The molecule has 2 aromatic rings. The van der Waals surface area contributed by atoms with E-state index in [1.54, 1.807) is 18.2 Å². The second kappa shape index (κ2) is 8.11. The third-order valence-corrected chi connectivity index (χ3v) is 4.78. The molecule has 0 heterocycles. The van der Waals surface area contributed by atoms with Gasteiger partial charge in [-0.1, -0.05) is 31.2 Å². The maximum Gasteiger partial charge on any atom is 0.258 e. The number of carbonyl (C=O) groups excluding carboxylic acids is 1. The van der Waals surface area contributed by atoms with Crippen LogP contribution >= 0.6 is 0 Å². The first-order valence-electron chi connectivity index (χ1n) is 7.78. The van der Waals surface area contributed by atoms with Gasteiger partial charge in [-0.3, -0.25) is 4.79 Å². The van der Waals surface area contributed by atoms with Crippen LogP contribution in [0.5, 0.6) is 5.75 Å². The molecule has 0 aliphatic carbocycles. The molecule has 25 heavy (non-hydrogen) atoms. The number of nitrogens with one attached hydrogen (secondary N) is 1. The van der Waals surface area contributed by atoms with Gasteiger partial charge in [0.25, 0.3) is 5.91 Å². The van der Waals surface area contributed by atoms with Crippen molar-refractivity contribution in [3.8, 4) is 5.75 Å². The lowest BCUT2D eigenvalue weighted by Gasteiger charge is -2.18. The van der Waals surface area contributed by atoms with E-state index in [0.717, 1.165) is 11.8 Å². The number of benzene rings is 2. The molecular formula is C18H20FNO4S. The highest BCUT2D eigenvalue weighted by Gasteiger charge is 2.15. The summed E-state index contributed by atoms with van der Waals surface area (Å²) < 4.78 is 41.6. The van der Waals surface area contributed by atoms with E-state index in [-0.39, 0.29) is 29.2 Å². The Morgan fingerprint density at radius 2 is 1.80 bits per heavy atom. The minimum atomic E-state index is -3.26. The van der Waals surface area contributed by atoms with E-state index < -0.39 is 15.7 Å². The minimum Gasteiger partial charge on any atom is -0.481 e. The third-order valence-electron chi connectivity index (χ3n) is 3.65. The van der Waals surface area contributed by atoms with Crippen molar-refractivity contribution in [3.05, 3.63) is 59.9 Å². The zero-order valence-electron chi connectivity index (χ0n) is 14.0. The van der Waals surface area contributed by atoms with Crippen LogP contribution in [-0.2, 0) is 14.6 Å². The Kier molecular flexibility index (Phi) is 6.14. The van der Waals surface area contributed by atoms with Crippen molar-refractivity contribution in [3.63, 3.8) is 0 Å². The second-order valence-electron chi connectivity index (χ2n) is 5.59. The summed E-state index contributed by atoms with van der Waals surface area (Å²) in [5, 5.41) is 2.80. The van der Waals surface area contributed by atoms with Crippen molar-refractivity contribution in [2.45, 2.75) is 24.3 Å². The van der Waals surface area contributed by atoms with Gasteiger partial charge in [0.2, 0.25) is 0 Å². The summed E-state index contributed by atoms with van der Waals surface area (Å²) >= 11 is 0. The largest absolute Gasteiger partial charge is 0.481 e. The maximum absolute atomic E-state index is 13.5. The Labute approximate surface area is 146 Å². The molecular weight excluding hydrogens is 345 g/mol. The normalized spacial score (nSPS) is 12.4. The van der Waals surface area contributed by atoms with Gasteiger partial charge in [0.15, 0.2) is 28.0 Å². The standard InChI is InChI=1S/C18H20FNO4S/c1-3-16(13-8-10-14(11-9-13)25(2,22)23)20-18(21)12-24-17-7-5-4-6-15(17)19/h4-11,16H,3,12H2,1-2H3,(H,20,21)/t16-/m1/s1. The Hall–Kier alpha value is -2.41. The molecule has 0 unspecified atom stereocenters. The summed E-state index contributed by atoms with van der Waals surface area (Å²) in [5.41, 5.74) is 0.786. The Morgan fingerprint density at radius 3 is 2.36 bits per heavy atom. The molecule has 0 aliphatic rings. The number of hydrogen-bond acceptors (Lipinski definition) is 4. The van der Waals surface area contributed by atoms with Crippen molar-refractivity contribution >= 4 is 15.7 Å². The Morgan fingerprint density at radius 1 is 1.16 bits per heavy atom. The van der Waals surface area contributed by atoms with Gasteiger partial charge in [0.05, 0.1) is 10.9 Å². The van der Waals surface area contributed by atoms with Crippen molar-refractivity contribution in [1.29, 1.82) is 0 Å². The van der Waals surface area contributed by atoms with E-state index in [2.05, 4.69) is 5.32 Å². The first-order valence-corrected chi connectivity index (χ1v) is 9.67. The zero-order chi connectivity index (χ0) is 18.4. The van der Waals surface area contributed by atoms with Gasteiger partial charge in [-0.2, -0.15) is 0 Å². The molecule has 1 amide bonds. The summed E-state index contributed by atoms with van der Waals surface area (Å²) in [5.74, 6) is -0.899. The van der Waals surface area contributed by atoms with Crippen molar-refractivity contribution in [2.24, 2.45) is 0 Å². The van der Waals surface area contributed by atoms with Crippen LogP contribution in [0.4, 0.5) is 4.39 Å². The summed E-state index contributed by atoms with van der Waals surface area (Å²) in [7, 11) is -3.26. The van der Waals surface area contributed by atoms with Gasteiger partial charge in [-0.25, -0.2) is 12.8 Å². The van der Waals surface area contributed by atoms with Crippen LogP contribution in [0.15, 0.2) is 53.4 Å². The van der Waals surface area contributed by atoms with Gasteiger partial charge in [-0.05, 0) is 36.2 Å². The summed E-state index contributed by atoms with van der Waals surface area (Å²) in [6.45, 7) is 1.59. The van der Waals surface area contributed by atoms with E-state index in [9.17, 15) is 17.6 Å². The lowest BCUT2D eigenvalue weighted by atomic mass is 10.0. The fourth-order valence-corrected chi connectivity index (χ4v) is 2.94. The number of para-hydroxylation sites is 1. The van der Waals surface area contributed by atoms with Gasteiger partial charge in [0.1, 0.15) is 0 Å². The highest BCUT2D eigenvalue weighted by Crippen LogP contribution is 2.19. The lowest BCUT2D eigenvalue weighted by molar-refractivity contribution is -0.123. The predicted octanol–water partition coefficient (Wildman–Crippen LogP) is 2.88. The number of hydrogen-bond donors (Lipinski definition) is 1. The van der Waals surface area contributed by atoms with Gasteiger partial charge < -0.3 is 10.1 Å². The monoisotopic (exact) mass is 365 g/mol. The molecule has 134 valence electrons. The molecule has 0 saturated heterocycles. The average Bonchev–Trinajstić information content (AvgIpc) is 2.58. The quantitative estimate of drug-likeness (QED) is 0.819. The first-order chi connectivity index (χ1) is 11.8. The third kappa shape index (κ3) is 5.29. The summed E-state index contributed by atoms with van der Waals surface area (Å²) in [6, 6.07) is 11.9. The zero-order valence-corrected chi connectivity index (χ0v) is 14.8. The fraction of sp³-hybridized carbons (Fsp3) is 0.278. The van der Waals surface area contributed by atoms with Crippen LogP contribution in [0, 0.1) is 5.82 Å². The van der Waals surface area contributed by atoms with Crippen LogP contribution in [0.3, 0.4) is 0 Å². The number of carbonyl (C=O) groups is 1. The van der Waals surface area contributed by atoms with Crippen LogP contribution < -0.4 is 10.1 Å². The molecule has 0 aromatic heterocycles. The average molecular weight is 365 g/mol. The van der Waals surface area contributed by atoms with Gasteiger partial charge >= 0.3 is 0 Å². The molecule has 7 heteroatoms. The molecule has 1 atom stereocenters. The van der Waals surface area contributed by atoms with Crippen molar-refractivity contribution in [2.75, 3.05) is 12.9 Å². The molecule has 0 spiro atoms. The molecule has 0 bridgehead atoms. The first kappa shape index (κ1) is 18.9. The van der Waals surface area contributed by atoms with Crippen molar-refractivity contribution in [1.82, 2.24) is 5.32 Å². The number of amides is 1. The summed E-state index contributed by atoms with van der Waals surface area (Å²) in [6.07, 6.45) is 1.75. The number of ether oxygens (including phenoxy) is 1. The van der Waals surface area contributed by atoms with Crippen LogP contribution in [-0.4, -0.2) is 27.2 Å². The topological polar surface area (TPSA) is 72.5 Å². The van der Waals surface area contributed by atoms with Crippen LogP contribution in [0.1, 0.15) is 24.9 Å². The fourth-order valence-electron chi connectivity index (χ4n) is 2.31. The molecule has 2 aromatic carbocycles. The molecule has 5 nitrogen and oxygen atoms in total. The SMILES string of the molecule is CC[C@@H](NC(=O)COc1ccccc1F)c1ccc(S(C)(=O)=O)cc1. The molecule has 2 rings (SSSR count). The van der Waals surface area contributed by atoms with Gasteiger partial charge in [-0.15, -0.1) is 0 Å². The smallest absolute Gasteiger partial charge is 0.258 e.